The molecule has 1 N–H and O–H groups in total. The highest BCUT2D eigenvalue weighted by atomic mass is 35.5. The predicted octanol–water partition coefficient (Wildman–Crippen LogP) is 4.07. The first-order valence-electron chi connectivity index (χ1n) is 8.39. The molecule has 25 heavy (non-hydrogen) atoms. The molecule has 1 aliphatic rings. The van der Waals surface area contributed by atoms with E-state index in [0.717, 1.165) is 40.8 Å². The predicted molar refractivity (Wildman–Crippen MR) is 104 cm³/mol. The van der Waals surface area contributed by atoms with Gasteiger partial charge < -0.3 is 15.1 Å². The second-order valence-electron chi connectivity index (χ2n) is 6.06. The van der Waals surface area contributed by atoms with Crippen molar-refractivity contribution in [2.75, 3.05) is 37.6 Å². The van der Waals surface area contributed by atoms with E-state index in [1.54, 1.807) is 0 Å². The Morgan fingerprint density at radius 3 is 2.36 bits per heavy atom. The quantitative estimate of drug-likeness (QED) is 0.871. The molecule has 132 valence electrons. The Kier molecular flexibility index (Phi) is 6.05. The summed E-state index contributed by atoms with van der Waals surface area (Å²) in [6, 6.07) is 15.5. The number of piperazine rings is 1. The second kappa shape index (κ2) is 8.45. The molecule has 6 heteroatoms. The molecule has 0 saturated carbocycles. The van der Waals surface area contributed by atoms with Crippen LogP contribution in [-0.2, 0) is 6.42 Å². The number of urea groups is 1. The highest BCUT2D eigenvalue weighted by molar-refractivity contribution is 6.30. The van der Waals surface area contributed by atoms with E-state index < -0.39 is 0 Å². The monoisotopic (exact) mass is 377 g/mol. The fraction of sp³-hybridized carbons (Fsp3) is 0.316. The Bertz CT molecular complexity index is 713. The van der Waals surface area contributed by atoms with Crippen LogP contribution in [0.3, 0.4) is 0 Å². The normalized spacial score (nSPS) is 14.5. The van der Waals surface area contributed by atoms with E-state index in [0.29, 0.717) is 19.6 Å². The highest BCUT2D eigenvalue weighted by Crippen LogP contribution is 2.19. The molecule has 0 aromatic heterocycles. The lowest BCUT2D eigenvalue weighted by Gasteiger charge is -2.36. The number of benzene rings is 2. The third-order valence-electron chi connectivity index (χ3n) is 4.34. The van der Waals surface area contributed by atoms with Crippen LogP contribution in [0, 0.1) is 0 Å². The first-order chi connectivity index (χ1) is 12.1. The van der Waals surface area contributed by atoms with Crippen LogP contribution in [0.5, 0.6) is 0 Å². The lowest BCUT2D eigenvalue weighted by molar-refractivity contribution is 0.194. The van der Waals surface area contributed by atoms with E-state index in [1.165, 1.54) is 0 Å². The molecule has 0 unspecified atom stereocenters. The average Bonchev–Trinajstić information content (AvgIpc) is 2.62. The second-order valence-corrected chi connectivity index (χ2v) is 6.94. The van der Waals surface area contributed by atoms with Crippen LogP contribution in [0.15, 0.2) is 48.5 Å². The zero-order valence-corrected chi connectivity index (χ0v) is 15.4. The van der Waals surface area contributed by atoms with Crippen molar-refractivity contribution in [3.05, 3.63) is 64.1 Å². The molecule has 4 nitrogen and oxygen atoms in total. The fourth-order valence-corrected chi connectivity index (χ4v) is 3.28. The van der Waals surface area contributed by atoms with Crippen molar-refractivity contribution in [1.29, 1.82) is 0 Å². The van der Waals surface area contributed by atoms with E-state index in [2.05, 4.69) is 10.2 Å². The molecule has 2 amide bonds. The van der Waals surface area contributed by atoms with Gasteiger partial charge in [-0.1, -0.05) is 35.3 Å². The van der Waals surface area contributed by atoms with Gasteiger partial charge in [-0.2, -0.15) is 0 Å². The van der Waals surface area contributed by atoms with Crippen LogP contribution in [0.1, 0.15) is 5.56 Å². The molecule has 1 saturated heterocycles. The Morgan fingerprint density at radius 2 is 1.68 bits per heavy atom. The number of halogens is 2. The van der Waals surface area contributed by atoms with E-state index in [4.69, 9.17) is 23.2 Å². The topological polar surface area (TPSA) is 35.6 Å². The van der Waals surface area contributed by atoms with Gasteiger partial charge in [0.2, 0.25) is 0 Å². The minimum absolute atomic E-state index is 0.00205. The Labute approximate surface area is 158 Å². The molecule has 0 atom stereocenters. The van der Waals surface area contributed by atoms with Crippen molar-refractivity contribution < 1.29 is 4.79 Å². The molecule has 1 heterocycles. The van der Waals surface area contributed by atoms with Gasteiger partial charge >= 0.3 is 6.03 Å². The molecule has 0 radical (unpaired) electrons. The lowest BCUT2D eigenvalue weighted by Crippen LogP contribution is -2.52. The summed E-state index contributed by atoms with van der Waals surface area (Å²) in [6.07, 6.45) is 0.775. The molecule has 0 aliphatic carbocycles. The van der Waals surface area contributed by atoms with Crippen LogP contribution in [-0.4, -0.2) is 43.7 Å². The van der Waals surface area contributed by atoms with Crippen LogP contribution >= 0.6 is 23.2 Å². The molecule has 1 fully saturated rings. The van der Waals surface area contributed by atoms with E-state index in [1.807, 2.05) is 53.4 Å². The van der Waals surface area contributed by atoms with E-state index in [9.17, 15) is 4.79 Å². The summed E-state index contributed by atoms with van der Waals surface area (Å²) < 4.78 is 0. The molecular formula is C19H21Cl2N3O. The number of hydrogen-bond donors (Lipinski definition) is 1. The maximum absolute atomic E-state index is 12.3. The van der Waals surface area contributed by atoms with Gasteiger partial charge in [0, 0.05) is 48.5 Å². The molecular weight excluding hydrogens is 357 g/mol. The Hall–Kier alpha value is -1.91. The smallest absolute Gasteiger partial charge is 0.317 e. The van der Waals surface area contributed by atoms with Gasteiger partial charge in [-0.05, 0) is 48.4 Å². The van der Waals surface area contributed by atoms with Gasteiger partial charge in [-0.3, -0.25) is 0 Å². The SMILES string of the molecule is O=C(NCCc1cccc(Cl)c1)N1CCN(c2ccc(Cl)cc2)CC1. The molecule has 2 aromatic carbocycles. The number of hydrogen-bond acceptors (Lipinski definition) is 2. The van der Waals surface area contributed by atoms with Crippen molar-refractivity contribution in [2.45, 2.75) is 6.42 Å². The van der Waals surface area contributed by atoms with Gasteiger partial charge in [0.1, 0.15) is 0 Å². The number of nitrogens with one attached hydrogen (secondary N) is 1. The van der Waals surface area contributed by atoms with Crippen molar-refractivity contribution in [2.24, 2.45) is 0 Å². The molecule has 1 aliphatic heterocycles. The number of amides is 2. The lowest BCUT2D eigenvalue weighted by atomic mass is 10.1. The van der Waals surface area contributed by atoms with E-state index in [-0.39, 0.29) is 6.03 Å². The molecule has 2 aromatic rings. The van der Waals surface area contributed by atoms with Crippen LogP contribution < -0.4 is 10.2 Å². The third kappa shape index (κ3) is 5.03. The summed E-state index contributed by atoms with van der Waals surface area (Å²) in [7, 11) is 0. The zero-order valence-electron chi connectivity index (χ0n) is 13.9. The summed E-state index contributed by atoms with van der Waals surface area (Å²) in [4.78, 5) is 16.4. The van der Waals surface area contributed by atoms with Gasteiger partial charge in [0.25, 0.3) is 0 Å². The first kappa shape index (κ1) is 17.9. The van der Waals surface area contributed by atoms with Gasteiger partial charge in [-0.15, -0.1) is 0 Å². The highest BCUT2D eigenvalue weighted by Gasteiger charge is 2.20. The maximum Gasteiger partial charge on any atom is 0.317 e. The maximum atomic E-state index is 12.3. The van der Waals surface area contributed by atoms with Crippen LogP contribution in [0.25, 0.3) is 0 Å². The summed E-state index contributed by atoms with van der Waals surface area (Å²) in [6.45, 7) is 3.68. The van der Waals surface area contributed by atoms with Gasteiger partial charge in [0.15, 0.2) is 0 Å². The van der Waals surface area contributed by atoms with E-state index >= 15 is 0 Å². The molecule has 0 spiro atoms. The molecule has 0 bridgehead atoms. The largest absolute Gasteiger partial charge is 0.368 e. The minimum Gasteiger partial charge on any atom is -0.368 e. The summed E-state index contributed by atoms with van der Waals surface area (Å²) in [5, 5.41) is 4.45. The molecule has 3 rings (SSSR count). The Morgan fingerprint density at radius 1 is 0.960 bits per heavy atom. The number of carbonyl (C=O) groups excluding carboxylic acids is 1. The van der Waals surface area contributed by atoms with Crippen molar-refractivity contribution >= 4 is 34.9 Å². The van der Waals surface area contributed by atoms with Gasteiger partial charge in [-0.25, -0.2) is 4.79 Å². The standard InChI is InChI=1S/C19H21Cl2N3O/c20-16-4-6-18(7-5-16)23-10-12-24(13-11-23)19(25)22-9-8-15-2-1-3-17(21)14-15/h1-7,14H,8-13H2,(H,22,25). The fourth-order valence-electron chi connectivity index (χ4n) is 2.94. The first-order valence-corrected chi connectivity index (χ1v) is 9.15. The van der Waals surface area contributed by atoms with Crippen LogP contribution in [0.2, 0.25) is 10.0 Å². The number of anilines is 1. The van der Waals surface area contributed by atoms with Crippen molar-refractivity contribution in [3.63, 3.8) is 0 Å². The summed E-state index contributed by atoms with van der Waals surface area (Å²) in [5.74, 6) is 0. The summed E-state index contributed by atoms with van der Waals surface area (Å²) >= 11 is 11.9. The third-order valence-corrected chi connectivity index (χ3v) is 4.82. The number of rotatable bonds is 4. The number of nitrogens with zero attached hydrogens (tertiary/aromatic N) is 2. The minimum atomic E-state index is -0.00205. The zero-order chi connectivity index (χ0) is 17.6. The van der Waals surface area contributed by atoms with Crippen LogP contribution in [0.4, 0.5) is 10.5 Å². The van der Waals surface area contributed by atoms with Crippen molar-refractivity contribution in [1.82, 2.24) is 10.2 Å². The average molecular weight is 378 g/mol. The van der Waals surface area contributed by atoms with Gasteiger partial charge in [0.05, 0.1) is 0 Å². The Balaban J connectivity index is 1.43. The summed E-state index contributed by atoms with van der Waals surface area (Å²) in [5.41, 5.74) is 2.27. The number of carbonyl (C=O) groups is 1. The van der Waals surface area contributed by atoms with Crippen molar-refractivity contribution in [3.8, 4) is 0 Å².